The van der Waals surface area contributed by atoms with Crippen molar-refractivity contribution >= 4 is 35.8 Å². The van der Waals surface area contributed by atoms with Crippen molar-refractivity contribution in [2.75, 3.05) is 19.6 Å². The maximum atomic E-state index is 11.7. The molecule has 2 rings (SSSR count). The molecule has 1 aromatic carbocycles. The smallest absolute Gasteiger partial charge is 0.242 e. The summed E-state index contributed by atoms with van der Waals surface area (Å²) in [6, 6.07) is 8.32. The van der Waals surface area contributed by atoms with Crippen LogP contribution in [-0.2, 0) is 4.79 Å². The second kappa shape index (κ2) is 11.2. The fourth-order valence-electron chi connectivity index (χ4n) is 2.18. The molecule has 6 nitrogen and oxygen atoms in total. The van der Waals surface area contributed by atoms with Crippen LogP contribution in [-0.4, -0.2) is 43.6 Å². The summed E-state index contributed by atoms with van der Waals surface area (Å²) < 4.78 is 5.94. The normalized spacial score (nSPS) is 14.9. The molecule has 0 spiro atoms. The standard InChI is InChI=1S/C18H28N4O2.HI/c1-4-19-18(21-12-17(23)22-15-9-10-15)20-11-14(3)24-16-8-6-5-7-13(16)2;/h5-8,14-15H,4,9-12H2,1-3H3,(H,22,23)(H2,19,20,21);1H. The molecule has 1 atom stereocenters. The van der Waals surface area contributed by atoms with Crippen LogP contribution in [0.3, 0.4) is 0 Å². The minimum absolute atomic E-state index is 0. The molecule has 1 saturated carbocycles. The lowest BCUT2D eigenvalue weighted by Gasteiger charge is -2.18. The predicted molar refractivity (Wildman–Crippen MR) is 112 cm³/mol. The number of aryl methyl sites for hydroxylation is 1. The van der Waals surface area contributed by atoms with Gasteiger partial charge in [-0.3, -0.25) is 4.79 Å². The number of rotatable bonds is 8. The third-order valence-corrected chi connectivity index (χ3v) is 3.65. The van der Waals surface area contributed by atoms with Crippen LogP contribution in [0, 0.1) is 6.92 Å². The third-order valence-electron chi connectivity index (χ3n) is 3.65. The van der Waals surface area contributed by atoms with E-state index in [1.807, 2.05) is 45.0 Å². The zero-order valence-corrected chi connectivity index (χ0v) is 17.5. The van der Waals surface area contributed by atoms with E-state index in [1.54, 1.807) is 0 Å². The number of carbonyl (C=O) groups is 1. The quantitative estimate of drug-likeness (QED) is 0.316. The first-order chi connectivity index (χ1) is 11.6. The number of carbonyl (C=O) groups excluding carboxylic acids is 1. The zero-order valence-electron chi connectivity index (χ0n) is 15.2. The summed E-state index contributed by atoms with van der Waals surface area (Å²) >= 11 is 0. The van der Waals surface area contributed by atoms with Crippen molar-refractivity contribution in [3.63, 3.8) is 0 Å². The van der Waals surface area contributed by atoms with Gasteiger partial charge in [0.1, 0.15) is 18.4 Å². The molecule has 1 amide bonds. The van der Waals surface area contributed by atoms with E-state index in [9.17, 15) is 4.79 Å². The average Bonchev–Trinajstić information content (AvgIpc) is 3.36. The summed E-state index contributed by atoms with van der Waals surface area (Å²) in [5.74, 6) is 1.49. The Kier molecular flexibility index (Phi) is 9.62. The average molecular weight is 460 g/mol. The highest BCUT2D eigenvalue weighted by Gasteiger charge is 2.22. The highest BCUT2D eigenvalue weighted by Crippen LogP contribution is 2.18. The van der Waals surface area contributed by atoms with Gasteiger partial charge in [0.05, 0.1) is 6.54 Å². The van der Waals surface area contributed by atoms with Crippen molar-refractivity contribution in [2.45, 2.75) is 45.8 Å². The molecule has 1 fully saturated rings. The van der Waals surface area contributed by atoms with E-state index in [4.69, 9.17) is 4.74 Å². The first kappa shape index (κ1) is 21.5. The van der Waals surface area contributed by atoms with E-state index in [0.29, 0.717) is 18.5 Å². The number of guanidine groups is 1. The van der Waals surface area contributed by atoms with Crippen LogP contribution in [0.4, 0.5) is 0 Å². The van der Waals surface area contributed by atoms with E-state index in [1.165, 1.54) is 0 Å². The second-order valence-electron chi connectivity index (χ2n) is 6.11. The van der Waals surface area contributed by atoms with Gasteiger partial charge in [0.15, 0.2) is 5.96 Å². The number of nitrogens with one attached hydrogen (secondary N) is 3. The number of ether oxygens (including phenoxy) is 1. The number of benzene rings is 1. The molecule has 3 N–H and O–H groups in total. The molecule has 0 aliphatic heterocycles. The topological polar surface area (TPSA) is 74.8 Å². The van der Waals surface area contributed by atoms with E-state index in [0.717, 1.165) is 30.7 Å². The molecular weight excluding hydrogens is 431 g/mol. The van der Waals surface area contributed by atoms with Crippen LogP contribution >= 0.6 is 24.0 Å². The van der Waals surface area contributed by atoms with E-state index in [-0.39, 0.29) is 42.5 Å². The molecule has 1 aromatic rings. The van der Waals surface area contributed by atoms with Crippen LogP contribution in [0.5, 0.6) is 5.75 Å². The Balaban J connectivity index is 0.00000312. The molecule has 0 heterocycles. The molecule has 140 valence electrons. The van der Waals surface area contributed by atoms with Crippen LogP contribution in [0.1, 0.15) is 32.3 Å². The van der Waals surface area contributed by atoms with Crippen molar-refractivity contribution in [3.8, 4) is 5.75 Å². The Bertz CT molecular complexity index is 576. The Hall–Kier alpha value is -1.51. The second-order valence-corrected chi connectivity index (χ2v) is 6.11. The monoisotopic (exact) mass is 460 g/mol. The molecule has 25 heavy (non-hydrogen) atoms. The van der Waals surface area contributed by atoms with Gasteiger partial charge >= 0.3 is 0 Å². The van der Waals surface area contributed by atoms with Gasteiger partial charge in [-0.1, -0.05) is 18.2 Å². The summed E-state index contributed by atoms with van der Waals surface area (Å²) in [7, 11) is 0. The first-order valence-corrected chi connectivity index (χ1v) is 8.62. The highest BCUT2D eigenvalue weighted by molar-refractivity contribution is 14.0. The highest BCUT2D eigenvalue weighted by atomic mass is 127. The molecular formula is C18H29IN4O2. The molecule has 1 unspecified atom stereocenters. The lowest BCUT2D eigenvalue weighted by Crippen LogP contribution is -2.42. The van der Waals surface area contributed by atoms with Gasteiger partial charge in [-0.2, -0.15) is 0 Å². The minimum atomic E-state index is -0.0288. The number of hydrogen-bond donors (Lipinski definition) is 3. The van der Waals surface area contributed by atoms with E-state index < -0.39 is 0 Å². The fourth-order valence-corrected chi connectivity index (χ4v) is 2.18. The summed E-state index contributed by atoms with van der Waals surface area (Å²) in [6.07, 6.45) is 2.15. The molecule has 1 aliphatic carbocycles. The largest absolute Gasteiger partial charge is 0.489 e. The third kappa shape index (κ3) is 8.42. The summed E-state index contributed by atoms with van der Waals surface area (Å²) in [4.78, 5) is 16.0. The predicted octanol–water partition coefficient (Wildman–Crippen LogP) is 2.21. The fraction of sp³-hybridized carbons (Fsp3) is 0.556. The van der Waals surface area contributed by atoms with Gasteiger partial charge in [0.25, 0.3) is 0 Å². The number of para-hydroxylation sites is 1. The van der Waals surface area contributed by atoms with Gasteiger partial charge in [-0.05, 0) is 45.2 Å². The first-order valence-electron chi connectivity index (χ1n) is 8.62. The Morgan fingerprint density at radius 2 is 2.04 bits per heavy atom. The molecule has 7 heteroatoms. The van der Waals surface area contributed by atoms with Crippen molar-refractivity contribution in [2.24, 2.45) is 4.99 Å². The Morgan fingerprint density at radius 3 is 2.68 bits per heavy atom. The van der Waals surface area contributed by atoms with Gasteiger partial charge < -0.3 is 20.7 Å². The number of aliphatic imine (C=N–C) groups is 1. The Labute approximate surface area is 167 Å². The van der Waals surface area contributed by atoms with Gasteiger partial charge in [-0.25, -0.2) is 4.99 Å². The zero-order chi connectivity index (χ0) is 17.4. The van der Waals surface area contributed by atoms with Crippen LogP contribution in [0.2, 0.25) is 0 Å². The minimum Gasteiger partial charge on any atom is -0.489 e. The maximum Gasteiger partial charge on any atom is 0.242 e. The summed E-state index contributed by atoms with van der Waals surface area (Å²) in [5.41, 5.74) is 1.11. The SMILES string of the molecule is CCNC(=NCC(=O)NC1CC1)NCC(C)Oc1ccccc1C.I. The number of halogens is 1. The molecule has 0 bridgehead atoms. The van der Waals surface area contributed by atoms with Crippen molar-refractivity contribution in [3.05, 3.63) is 29.8 Å². The number of nitrogens with zero attached hydrogens (tertiary/aromatic N) is 1. The summed E-state index contributed by atoms with van der Waals surface area (Å²) in [5, 5.41) is 9.29. The van der Waals surface area contributed by atoms with Crippen molar-refractivity contribution in [1.29, 1.82) is 0 Å². The van der Waals surface area contributed by atoms with Gasteiger partial charge in [-0.15, -0.1) is 24.0 Å². The maximum absolute atomic E-state index is 11.7. The van der Waals surface area contributed by atoms with Crippen LogP contribution < -0.4 is 20.7 Å². The molecule has 0 radical (unpaired) electrons. The molecule has 0 aromatic heterocycles. The van der Waals surface area contributed by atoms with Crippen LogP contribution in [0.15, 0.2) is 29.3 Å². The summed E-state index contributed by atoms with van der Waals surface area (Å²) in [6.45, 7) is 7.50. The van der Waals surface area contributed by atoms with Gasteiger partial charge in [0.2, 0.25) is 5.91 Å². The van der Waals surface area contributed by atoms with Crippen molar-refractivity contribution < 1.29 is 9.53 Å². The van der Waals surface area contributed by atoms with E-state index >= 15 is 0 Å². The molecule has 1 aliphatic rings. The molecule has 0 saturated heterocycles. The lowest BCUT2D eigenvalue weighted by molar-refractivity contribution is -0.119. The van der Waals surface area contributed by atoms with Gasteiger partial charge in [0, 0.05) is 12.6 Å². The number of hydrogen-bond acceptors (Lipinski definition) is 3. The lowest BCUT2D eigenvalue weighted by atomic mass is 10.2. The number of amides is 1. The van der Waals surface area contributed by atoms with Crippen LogP contribution in [0.25, 0.3) is 0 Å². The Morgan fingerprint density at radius 1 is 1.32 bits per heavy atom. The van der Waals surface area contributed by atoms with Crippen molar-refractivity contribution in [1.82, 2.24) is 16.0 Å². The van der Waals surface area contributed by atoms with E-state index in [2.05, 4.69) is 20.9 Å².